The maximum Gasteiger partial charge on any atom is 0.258 e. The number of nitrogens with one attached hydrogen (secondary N) is 2. The highest BCUT2D eigenvalue weighted by atomic mass is 79.9. The molecule has 0 radical (unpaired) electrons. The predicted molar refractivity (Wildman–Crippen MR) is 93.0 cm³/mol. The van der Waals surface area contributed by atoms with Crippen LogP contribution < -0.4 is 15.4 Å². The van der Waals surface area contributed by atoms with Crippen LogP contribution in [0.25, 0.3) is 0 Å². The summed E-state index contributed by atoms with van der Waals surface area (Å²) < 4.78 is 19.2. The van der Waals surface area contributed by atoms with Crippen molar-refractivity contribution in [2.45, 2.75) is 0 Å². The zero-order valence-electron chi connectivity index (χ0n) is 13.1. The number of ether oxygens (including phenoxy) is 1. The van der Waals surface area contributed by atoms with E-state index in [1.54, 1.807) is 6.07 Å². The Bertz CT molecular complexity index is 753. The molecule has 2 amide bonds. The van der Waals surface area contributed by atoms with Gasteiger partial charge in [0.2, 0.25) is 0 Å². The molecule has 8 heteroatoms. The van der Waals surface area contributed by atoms with Gasteiger partial charge >= 0.3 is 0 Å². The molecule has 2 aromatic carbocycles. The van der Waals surface area contributed by atoms with Gasteiger partial charge in [-0.15, -0.1) is 0 Å². The van der Waals surface area contributed by atoms with Crippen molar-refractivity contribution in [2.24, 2.45) is 0 Å². The van der Waals surface area contributed by atoms with Crippen LogP contribution >= 0.6 is 15.9 Å². The van der Waals surface area contributed by atoms with Gasteiger partial charge in [0.1, 0.15) is 5.75 Å². The lowest BCUT2D eigenvalue weighted by molar-refractivity contribution is -0.123. The first-order valence-corrected chi connectivity index (χ1v) is 8.17. The molecule has 0 atom stereocenters. The van der Waals surface area contributed by atoms with E-state index in [2.05, 4.69) is 26.6 Å². The summed E-state index contributed by atoms with van der Waals surface area (Å²) in [7, 11) is 0. The molecule has 132 valence electrons. The molecule has 25 heavy (non-hydrogen) atoms. The Balaban J connectivity index is 1.66. The first-order valence-electron chi connectivity index (χ1n) is 7.37. The number of phenols is 1. The Labute approximate surface area is 152 Å². The number of hydrogen-bond donors (Lipinski definition) is 3. The van der Waals surface area contributed by atoms with Gasteiger partial charge in [0.15, 0.2) is 18.2 Å². The largest absolute Gasteiger partial charge is 0.508 e. The molecule has 2 aromatic rings. The first kappa shape index (κ1) is 18.7. The van der Waals surface area contributed by atoms with Crippen LogP contribution in [0.2, 0.25) is 0 Å². The second kappa shape index (κ2) is 9.03. The highest BCUT2D eigenvalue weighted by molar-refractivity contribution is 9.10. The van der Waals surface area contributed by atoms with Gasteiger partial charge in [0.25, 0.3) is 11.8 Å². The summed E-state index contributed by atoms with van der Waals surface area (Å²) in [5.74, 6) is -1.25. The van der Waals surface area contributed by atoms with E-state index in [4.69, 9.17) is 9.84 Å². The second-order valence-corrected chi connectivity index (χ2v) is 5.93. The molecule has 0 aromatic heterocycles. The number of hydrogen-bond acceptors (Lipinski definition) is 4. The van der Waals surface area contributed by atoms with E-state index in [1.165, 1.54) is 36.4 Å². The molecular formula is C17H16BrFN2O4. The van der Waals surface area contributed by atoms with Crippen molar-refractivity contribution in [1.29, 1.82) is 0 Å². The topological polar surface area (TPSA) is 87.7 Å². The Morgan fingerprint density at radius 1 is 1.08 bits per heavy atom. The summed E-state index contributed by atoms with van der Waals surface area (Å²) >= 11 is 3.13. The number of benzene rings is 2. The van der Waals surface area contributed by atoms with Crippen molar-refractivity contribution in [3.05, 3.63) is 58.3 Å². The van der Waals surface area contributed by atoms with E-state index in [1.807, 2.05) is 0 Å². The third-order valence-corrected chi connectivity index (χ3v) is 3.61. The minimum absolute atomic E-state index is 0.0148. The van der Waals surface area contributed by atoms with Gasteiger partial charge in [0, 0.05) is 23.1 Å². The van der Waals surface area contributed by atoms with Gasteiger partial charge in [0.05, 0.1) is 0 Å². The molecule has 0 bridgehead atoms. The van der Waals surface area contributed by atoms with Crippen LogP contribution in [0.5, 0.6) is 11.5 Å². The fraction of sp³-hybridized carbons (Fsp3) is 0.176. The fourth-order valence-electron chi connectivity index (χ4n) is 1.88. The predicted octanol–water partition coefficient (Wildman–Crippen LogP) is 2.22. The third-order valence-electron chi connectivity index (χ3n) is 3.11. The Morgan fingerprint density at radius 2 is 1.76 bits per heavy atom. The zero-order chi connectivity index (χ0) is 18.2. The van der Waals surface area contributed by atoms with E-state index in [0.29, 0.717) is 10.0 Å². The van der Waals surface area contributed by atoms with Crippen LogP contribution in [-0.4, -0.2) is 36.6 Å². The van der Waals surface area contributed by atoms with Crippen LogP contribution in [0, 0.1) is 5.82 Å². The standard InChI is InChI=1S/C17H16BrFN2O4/c18-12-3-6-15(14(19)9-12)25-10-16(23)20-7-8-21-17(24)11-1-4-13(22)5-2-11/h1-6,9,22H,7-8,10H2,(H,20,23)(H,21,24). The van der Waals surface area contributed by atoms with E-state index >= 15 is 0 Å². The number of amides is 2. The lowest BCUT2D eigenvalue weighted by atomic mass is 10.2. The molecule has 6 nitrogen and oxygen atoms in total. The number of carbonyl (C=O) groups is 2. The molecular weight excluding hydrogens is 395 g/mol. The average Bonchev–Trinajstić information content (AvgIpc) is 2.58. The van der Waals surface area contributed by atoms with Gasteiger partial charge in [-0.25, -0.2) is 4.39 Å². The Kier molecular flexibility index (Phi) is 6.76. The van der Waals surface area contributed by atoms with Crippen molar-refractivity contribution in [3.8, 4) is 11.5 Å². The number of carbonyl (C=O) groups excluding carboxylic acids is 2. The summed E-state index contributed by atoms with van der Waals surface area (Å²) in [5, 5.41) is 14.3. The van der Waals surface area contributed by atoms with Crippen molar-refractivity contribution >= 4 is 27.7 Å². The van der Waals surface area contributed by atoms with Crippen molar-refractivity contribution in [2.75, 3.05) is 19.7 Å². The Hall–Kier alpha value is -2.61. The third kappa shape index (κ3) is 6.07. The molecule has 3 N–H and O–H groups in total. The number of halogens is 2. The lowest BCUT2D eigenvalue weighted by Gasteiger charge is -2.09. The van der Waals surface area contributed by atoms with Gasteiger partial charge in [-0.05, 0) is 42.5 Å². The molecule has 0 saturated heterocycles. The number of aromatic hydroxyl groups is 1. The molecule has 0 aliphatic carbocycles. The minimum Gasteiger partial charge on any atom is -0.508 e. The SMILES string of the molecule is O=C(COc1ccc(Br)cc1F)NCCNC(=O)c1ccc(O)cc1. The number of phenolic OH excluding ortho intramolecular Hbond substituents is 1. The van der Waals surface area contributed by atoms with E-state index in [9.17, 15) is 14.0 Å². The van der Waals surface area contributed by atoms with E-state index < -0.39 is 11.7 Å². The second-order valence-electron chi connectivity index (χ2n) is 5.02. The summed E-state index contributed by atoms with van der Waals surface area (Å²) in [6.07, 6.45) is 0. The maximum atomic E-state index is 13.5. The highest BCUT2D eigenvalue weighted by Crippen LogP contribution is 2.21. The van der Waals surface area contributed by atoms with Crippen molar-refractivity contribution < 1.29 is 23.8 Å². The van der Waals surface area contributed by atoms with E-state index in [0.717, 1.165) is 0 Å². The summed E-state index contributed by atoms with van der Waals surface area (Å²) in [4.78, 5) is 23.4. The van der Waals surface area contributed by atoms with Gasteiger partial charge in [-0.3, -0.25) is 9.59 Å². The van der Waals surface area contributed by atoms with Gasteiger partial charge in [-0.1, -0.05) is 15.9 Å². The van der Waals surface area contributed by atoms with E-state index in [-0.39, 0.29) is 37.1 Å². The van der Waals surface area contributed by atoms with Crippen LogP contribution in [-0.2, 0) is 4.79 Å². The minimum atomic E-state index is -0.566. The van der Waals surface area contributed by atoms with Crippen molar-refractivity contribution in [1.82, 2.24) is 10.6 Å². The molecule has 0 aliphatic rings. The molecule has 0 unspecified atom stereocenters. The fourth-order valence-corrected chi connectivity index (χ4v) is 2.21. The zero-order valence-corrected chi connectivity index (χ0v) is 14.7. The molecule has 2 rings (SSSR count). The number of rotatable bonds is 7. The molecule has 0 spiro atoms. The van der Waals surface area contributed by atoms with Crippen LogP contribution in [0.15, 0.2) is 46.9 Å². The molecule has 0 fully saturated rings. The summed E-state index contributed by atoms with van der Waals surface area (Å²) in [6.45, 7) is 0.0946. The average molecular weight is 411 g/mol. The van der Waals surface area contributed by atoms with Crippen LogP contribution in [0.1, 0.15) is 10.4 Å². The quantitative estimate of drug-likeness (QED) is 0.610. The Morgan fingerprint density at radius 3 is 2.44 bits per heavy atom. The van der Waals surface area contributed by atoms with Crippen LogP contribution in [0.3, 0.4) is 0 Å². The van der Waals surface area contributed by atoms with Gasteiger partial charge < -0.3 is 20.5 Å². The smallest absolute Gasteiger partial charge is 0.258 e. The normalized spacial score (nSPS) is 10.2. The highest BCUT2D eigenvalue weighted by Gasteiger charge is 2.08. The summed E-state index contributed by atoms with van der Waals surface area (Å²) in [5.41, 5.74) is 0.401. The van der Waals surface area contributed by atoms with Crippen LogP contribution in [0.4, 0.5) is 4.39 Å². The van der Waals surface area contributed by atoms with Gasteiger partial charge in [-0.2, -0.15) is 0 Å². The first-order chi connectivity index (χ1) is 12.0. The lowest BCUT2D eigenvalue weighted by Crippen LogP contribution is -2.36. The molecule has 0 saturated carbocycles. The molecule has 0 heterocycles. The molecule has 0 aliphatic heterocycles. The van der Waals surface area contributed by atoms with Crippen molar-refractivity contribution in [3.63, 3.8) is 0 Å². The maximum absolute atomic E-state index is 13.5. The monoisotopic (exact) mass is 410 g/mol. The summed E-state index contributed by atoms with van der Waals surface area (Å²) in [6, 6.07) is 10.1.